The Balaban J connectivity index is 1.21. The molecule has 4 aromatic carbocycles. The van der Waals surface area contributed by atoms with Crippen molar-refractivity contribution in [3.8, 4) is 34.4 Å². The highest BCUT2D eigenvalue weighted by molar-refractivity contribution is 5.77. The lowest BCUT2D eigenvalue weighted by Crippen LogP contribution is -1.99. The molecule has 2 heterocycles. The first-order valence-corrected chi connectivity index (χ1v) is 11.5. The van der Waals surface area contributed by atoms with Gasteiger partial charge in [-0.2, -0.15) is 0 Å². The van der Waals surface area contributed by atoms with Gasteiger partial charge in [0.1, 0.15) is 56.4 Å². The van der Waals surface area contributed by atoms with Gasteiger partial charge >= 0.3 is 0 Å². The van der Waals surface area contributed by atoms with Crippen LogP contribution in [0.3, 0.4) is 0 Å². The highest BCUT2D eigenvalue weighted by Gasteiger charge is 2.12. The van der Waals surface area contributed by atoms with Crippen LogP contribution < -0.4 is 9.47 Å². The predicted octanol–water partition coefficient (Wildman–Crippen LogP) is 5.14. The Labute approximate surface area is 215 Å². The summed E-state index contributed by atoms with van der Waals surface area (Å²) < 4.78 is 11.0. The molecule has 0 saturated heterocycles. The fourth-order valence-corrected chi connectivity index (χ4v) is 3.88. The molecular formula is C28H20N6O4. The molecule has 0 aliphatic carbocycles. The topological polar surface area (TPSA) is 120 Å². The third-order valence-corrected chi connectivity index (χ3v) is 5.70. The zero-order chi connectivity index (χ0) is 26.1. The summed E-state index contributed by atoms with van der Waals surface area (Å²) in [5.41, 5.74) is 4.40. The van der Waals surface area contributed by atoms with Gasteiger partial charge in [0.05, 0.1) is 12.5 Å². The number of fused-ring (bicyclic) bond motifs is 2. The average Bonchev–Trinajstić information content (AvgIpc) is 3.54. The van der Waals surface area contributed by atoms with E-state index in [1.165, 1.54) is 28.0 Å². The fourth-order valence-electron chi connectivity index (χ4n) is 3.88. The Morgan fingerprint density at radius 2 is 1.29 bits per heavy atom. The molecule has 0 atom stereocenters. The van der Waals surface area contributed by atoms with Crippen molar-refractivity contribution >= 4 is 28.1 Å². The minimum absolute atomic E-state index is 0.0233. The van der Waals surface area contributed by atoms with Gasteiger partial charge in [-0.1, -0.05) is 24.8 Å². The number of benzene rings is 4. The van der Waals surface area contributed by atoms with E-state index in [0.717, 1.165) is 16.6 Å². The molecule has 0 aliphatic heterocycles. The van der Waals surface area contributed by atoms with Crippen LogP contribution in [0.5, 0.6) is 23.0 Å². The van der Waals surface area contributed by atoms with Crippen molar-refractivity contribution in [2.24, 2.45) is 0 Å². The van der Waals surface area contributed by atoms with Crippen LogP contribution >= 0.6 is 0 Å². The summed E-state index contributed by atoms with van der Waals surface area (Å²) in [5, 5.41) is 38.5. The van der Waals surface area contributed by atoms with E-state index in [0.29, 0.717) is 33.9 Å². The summed E-state index contributed by atoms with van der Waals surface area (Å²) in [6.07, 6.45) is 4.61. The van der Waals surface area contributed by atoms with E-state index in [4.69, 9.17) is 9.47 Å². The van der Waals surface area contributed by atoms with Crippen LogP contribution in [0, 0.1) is 0 Å². The molecule has 0 radical (unpaired) electrons. The van der Waals surface area contributed by atoms with E-state index >= 15 is 0 Å². The van der Waals surface area contributed by atoms with Gasteiger partial charge in [-0.15, -0.1) is 30.0 Å². The van der Waals surface area contributed by atoms with Gasteiger partial charge in [0.25, 0.3) is 0 Å². The predicted molar refractivity (Wildman–Crippen MR) is 142 cm³/mol. The first kappa shape index (κ1) is 22.8. The number of aromatic hydroxyl groups is 2. The number of ether oxygens (including phenoxy) is 2. The Morgan fingerprint density at radius 3 is 2.03 bits per heavy atom. The largest absolute Gasteiger partial charge is 0.506 e. The summed E-state index contributed by atoms with van der Waals surface area (Å²) in [7, 11) is 0. The lowest BCUT2D eigenvalue weighted by molar-refractivity contribution is 0.450. The maximum absolute atomic E-state index is 10.4. The summed E-state index contributed by atoms with van der Waals surface area (Å²) in [6.45, 7) is 3.50. The van der Waals surface area contributed by atoms with E-state index in [2.05, 4.69) is 27.0 Å². The number of rotatable bonds is 7. The molecule has 0 unspecified atom stereocenters. The number of phenols is 2. The van der Waals surface area contributed by atoms with Crippen LogP contribution in [0.2, 0.25) is 0 Å². The van der Waals surface area contributed by atoms with Crippen molar-refractivity contribution in [2.75, 3.05) is 0 Å². The van der Waals surface area contributed by atoms with Crippen LogP contribution in [0.4, 0.5) is 0 Å². The summed E-state index contributed by atoms with van der Waals surface area (Å²) in [6, 6.07) is 22.7. The van der Waals surface area contributed by atoms with Crippen molar-refractivity contribution in [1.29, 1.82) is 0 Å². The molecule has 10 heteroatoms. The SMILES string of the molecule is C=COc1ccc(-n2nc3ccc(/C=C/Oc4ccc(O)c(-n5nc6ccccc6n5)c4)cc3n2)c(O)c1. The first-order chi connectivity index (χ1) is 18.6. The van der Waals surface area contributed by atoms with Crippen LogP contribution in [0.1, 0.15) is 5.56 Å². The van der Waals surface area contributed by atoms with Crippen molar-refractivity contribution < 1.29 is 19.7 Å². The van der Waals surface area contributed by atoms with Crippen LogP contribution in [-0.2, 0) is 0 Å². The van der Waals surface area contributed by atoms with E-state index in [1.807, 2.05) is 42.5 Å². The Hall–Kier alpha value is -5.64. The third-order valence-electron chi connectivity index (χ3n) is 5.70. The van der Waals surface area contributed by atoms with Crippen LogP contribution in [-0.4, -0.2) is 40.2 Å². The molecule has 186 valence electrons. The van der Waals surface area contributed by atoms with E-state index in [1.54, 1.807) is 36.6 Å². The van der Waals surface area contributed by atoms with Crippen LogP contribution in [0.15, 0.2) is 98.0 Å². The zero-order valence-corrected chi connectivity index (χ0v) is 19.8. The second-order valence-corrected chi connectivity index (χ2v) is 8.22. The Bertz CT molecular complexity index is 1810. The van der Waals surface area contributed by atoms with Gasteiger partial charge in [-0.05, 0) is 60.2 Å². The molecule has 0 saturated carbocycles. The summed E-state index contributed by atoms with van der Waals surface area (Å²) >= 11 is 0. The molecule has 2 N–H and O–H groups in total. The number of aromatic nitrogens is 6. The molecule has 0 fully saturated rings. The molecule has 10 nitrogen and oxygen atoms in total. The lowest BCUT2D eigenvalue weighted by Gasteiger charge is -2.06. The Morgan fingerprint density at radius 1 is 0.632 bits per heavy atom. The number of phenolic OH excluding ortho intramolecular Hbond substituents is 2. The molecule has 6 rings (SSSR count). The molecule has 2 aromatic heterocycles. The van der Waals surface area contributed by atoms with Crippen molar-refractivity contribution in [2.45, 2.75) is 0 Å². The number of hydrogen-bond donors (Lipinski definition) is 2. The smallest absolute Gasteiger partial charge is 0.146 e. The molecule has 6 aromatic rings. The molecule has 0 spiro atoms. The van der Waals surface area contributed by atoms with Gasteiger partial charge in [0.2, 0.25) is 0 Å². The minimum Gasteiger partial charge on any atom is -0.506 e. The quantitative estimate of drug-likeness (QED) is 0.287. The van der Waals surface area contributed by atoms with E-state index < -0.39 is 0 Å². The third kappa shape index (κ3) is 4.37. The lowest BCUT2D eigenvalue weighted by atomic mass is 10.2. The van der Waals surface area contributed by atoms with E-state index in [-0.39, 0.29) is 11.5 Å². The second-order valence-electron chi connectivity index (χ2n) is 8.22. The zero-order valence-electron chi connectivity index (χ0n) is 19.8. The normalized spacial score (nSPS) is 11.4. The molecule has 38 heavy (non-hydrogen) atoms. The average molecular weight is 505 g/mol. The fraction of sp³-hybridized carbons (Fsp3) is 0. The van der Waals surface area contributed by atoms with Gasteiger partial charge in [0, 0.05) is 12.1 Å². The van der Waals surface area contributed by atoms with Crippen LogP contribution in [0.25, 0.3) is 39.5 Å². The van der Waals surface area contributed by atoms with Gasteiger partial charge in [-0.25, -0.2) is 0 Å². The van der Waals surface area contributed by atoms with Gasteiger partial charge in [-0.3, -0.25) is 0 Å². The van der Waals surface area contributed by atoms with Gasteiger partial charge in [0.15, 0.2) is 0 Å². The second kappa shape index (κ2) is 9.43. The Kier molecular flexibility index (Phi) is 5.66. The minimum atomic E-state index is -0.0233. The first-order valence-electron chi connectivity index (χ1n) is 11.5. The number of nitrogens with zero attached hydrogens (tertiary/aromatic N) is 6. The molecule has 0 aliphatic rings. The van der Waals surface area contributed by atoms with E-state index in [9.17, 15) is 10.2 Å². The molecule has 0 amide bonds. The maximum Gasteiger partial charge on any atom is 0.146 e. The standard InChI is InChI=1S/C28H20N6O4/c1-2-37-20-8-11-25(28(36)17-20)33-31-23-10-7-18(15-24(23)32-33)13-14-38-19-9-12-27(35)26(16-19)34-29-21-5-3-4-6-22(21)30-34/h2-17,35-36H,1H2/b14-13+. The highest BCUT2D eigenvalue weighted by Crippen LogP contribution is 2.28. The summed E-state index contributed by atoms with van der Waals surface area (Å²) in [5.74, 6) is 0.969. The van der Waals surface area contributed by atoms with Crippen molar-refractivity contribution in [3.05, 3.63) is 104 Å². The monoisotopic (exact) mass is 504 g/mol. The number of hydrogen-bond acceptors (Lipinski definition) is 8. The molecule has 0 bridgehead atoms. The summed E-state index contributed by atoms with van der Waals surface area (Å²) in [4.78, 5) is 2.75. The maximum atomic E-state index is 10.4. The highest BCUT2D eigenvalue weighted by atomic mass is 16.5. The van der Waals surface area contributed by atoms with Crippen molar-refractivity contribution in [1.82, 2.24) is 30.0 Å². The van der Waals surface area contributed by atoms with Crippen molar-refractivity contribution in [3.63, 3.8) is 0 Å². The van der Waals surface area contributed by atoms with Gasteiger partial charge < -0.3 is 19.7 Å². The molecular weight excluding hydrogens is 484 g/mol.